The fourth-order valence-corrected chi connectivity index (χ4v) is 2.09. The van der Waals surface area contributed by atoms with E-state index in [1.54, 1.807) is 6.20 Å². The third-order valence-corrected chi connectivity index (χ3v) is 2.98. The van der Waals surface area contributed by atoms with Gasteiger partial charge >= 0.3 is 0 Å². The van der Waals surface area contributed by atoms with Crippen LogP contribution in [0.25, 0.3) is 10.9 Å². The Bertz CT molecular complexity index is 545. The monoisotopic (exact) mass is 236 g/mol. The smallest absolute Gasteiger partial charge is 0.166 e. The lowest BCUT2D eigenvalue weighted by Crippen LogP contribution is -2.07. The number of nitrogens with one attached hydrogen (secondary N) is 1. The summed E-state index contributed by atoms with van der Waals surface area (Å²) in [5.74, 6) is 0.0289. The summed E-state index contributed by atoms with van der Waals surface area (Å²) in [6.07, 6.45) is 2.05. The highest BCUT2D eigenvalue weighted by Gasteiger charge is 2.14. The van der Waals surface area contributed by atoms with E-state index in [4.69, 9.17) is 17.3 Å². The highest BCUT2D eigenvalue weighted by molar-refractivity contribution is 6.37. The maximum absolute atomic E-state index is 11.8. The van der Waals surface area contributed by atoms with Crippen LogP contribution in [0.4, 0.5) is 0 Å². The van der Waals surface area contributed by atoms with Gasteiger partial charge in [0.05, 0.1) is 10.5 Å². The van der Waals surface area contributed by atoms with E-state index < -0.39 is 0 Å². The molecule has 0 atom stereocenters. The topological polar surface area (TPSA) is 58.9 Å². The fourth-order valence-electron chi connectivity index (χ4n) is 1.83. The Labute approximate surface area is 98.6 Å². The Morgan fingerprint density at radius 1 is 1.50 bits per heavy atom. The minimum atomic E-state index is 0.0289. The van der Waals surface area contributed by atoms with Crippen LogP contribution in [0, 0.1) is 6.92 Å². The molecule has 1 aromatic heterocycles. The number of benzene rings is 1. The number of fused-ring (bicyclic) bond motifs is 1. The van der Waals surface area contributed by atoms with Crippen LogP contribution in [0.2, 0.25) is 5.02 Å². The van der Waals surface area contributed by atoms with Crippen LogP contribution in [-0.4, -0.2) is 17.3 Å². The standard InChI is InChI=1S/C12H13ClN2O/c1-7-2-3-9(13)11-8(6-15-12(7)11)10(16)4-5-14/h2-3,6,15H,4-5,14H2,1H3. The van der Waals surface area contributed by atoms with Gasteiger partial charge in [0.15, 0.2) is 5.78 Å². The first kappa shape index (κ1) is 11.2. The summed E-state index contributed by atoms with van der Waals surface area (Å²) >= 11 is 6.12. The summed E-state index contributed by atoms with van der Waals surface area (Å²) in [6, 6.07) is 3.74. The Morgan fingerprint density at radius 3 is 2.94 bits per heavy atom. The number of aromatic amines is 1. The van der Waals surface area contributed by atoms with E-state index >= 15 is 0 Å². The lowest BCUT2D eigenvalue weighted by molar-refractivity contribution is 0.0987. The van der Waals surface area contributed by atoms with Crippen LogP contribution < -0.4 is 5.73 Å². The first-order chi connectivity index (χ1) is 7.65. The Kier molecular flexibility index (Phi) is 2.99. The average molecular weight is 237 g/mol. The third-order valence-electron chi connectivity index (χ3n) is 2.66. The third kappa shape index (κ3) is 1.72. The van der Waals surface area contributed by atoms with Crippen molar-refractivity contribution in [3.05, 3.63) is 34.5 Å². The molecule has 0 aliphatic rings. The Balaban J connectivity index is 2.64. The van der Waals surface area contributed by atoms with Gasteiger partial charge < -0.3 is 10.7 Å². The molecule has 1 aromatic carbocycles. The summed E-state index contributed by atoms with van der Waals surface area (Å²) in [7, 11) is 0. The molecule has 0 spiro atoms. The van der Waals surface area contributed by atoms with Gasteiger partial charge in [-0.25, -0.2) is 0 Å². The predicted octanol–water partition coefficient (Wildman–Crippen LogP) is 2.66. The molecule has 0 bridgehead atoms. The molecule has 0 aliphatic heterocycles. The number of halogens is 1. The number of aryl methyl sites for hydroxylation is 1. The van der Waals surface area contributed by atoms with Crippen molar-refractivity contribution in [1.29, 1.82) is 0 Å². The largest absolute Gasteiger partial charge is 0.360 e. The van der Waals surface area contributed by atoms with Crippen LogP contribution in [0.3, 0.4) is 0 Å². The van der Waals surface area contributed by atoms with E-state index in [1.165, 1.54) is 0 Å². The van der Waals surface area contributed by atoms with Gasteiger partial charge in [-0.05, 0) is 25.1 Å². The molecule has 3 nitrogen and oxygen atoms in total. The van der Waals surface area contributed by atoms with Gasteiger partial charge in [0.25, 0.3) is 0 Å². The lowest BCUT2D eigenvalue weighted by atomic mass is 10.1. The van der Waals surface area contributed by atoms with Gasteiger partial charge in [-0.1, -0.05) is 17.7 Å². The molecular weight excluding hydrogens is 224 g/mol. The number of nitrogens with two attached hydrogens (primary N) is 1. The second-order valence-electron chi connectivity index (χ2n) is 3.78. The van der Waals surface area contributed by atoms with Gasteiger partial charge in [0, 0.05) is 23.6 Å². The van der Waals surface area contributed by atoms with E-state index in [-0.39, 0.29) is 5.78 Å². The number of carbonyl (C=O) groups excluding carboxylic acids is 1. The summed E-state index contributed by atoms with van der Waals surface area (Å²) in [4.78, 5) is 14.9. The Morgan fingerprint density at radius 2 is 2.25 bits per heavy atom. The molecule has 84 valence electrons. The number of H-pyrrole nitrogens is 1. The number of aromatic nitrogens is 1. The second-order valence-corrected chi connectivity index (χ2v) is 4.19. The maximum Gasteiger partial charge on any atom is 0.166 e. The highest BCUT2D eigenvalue weighted by Crippen LogP contribution is 2.29. The van der Waals surface area contributed by atoms with Gasteiger partial charge in [-0.2, -0.15) is 0 Å². The van der Waals surface area contributed by atoms with Gasteiger partial charge in [0.2, 0.25) is 0 Å². The van der Waals surface area contributed by atoms with E-state index in [1.807, 2.05) is 19.1 Å². The molecule has 1 heterocycles. The van der Waals surface area contributed by atoms with Gasteiger partial charge in [-0.15, -0.1) is 0 Å². The zero-order chi connectivity index (χ0) is 11.7. The highest BCUT2D eigenvalue weighted by atomic mass is 35.5. The molecule has 2 rings (SSSR count). The zero-order valence-electron chi connectivity index (χ0n) is 9.01. The molecule has 0 radical (unpaired) electrons. The first-order valence-electron chi connectivity index (χ1n) is 5.14. The van der Waals surface area contributed by atoms with Crippen molar-refractivity contribution in [1.82, 2.24) is 4.98 Å². The summed E-state index contributed by atoms with van der Waals surface area (Å²) < 4.78 is 0. The molecule has 2 aromatic rings. The van der Waals surface area contributed by atoms with Crippen molar-refractivity contribution in [2.24, 2.45) is 5.73 Å². The number of Topliss-reactive ketones (excluding diaryl/α,β-unsaturated/α-hetero) is 1. The number of hydrogen-bond donors (Lipinski definition) is 2. The first-order valence-corrected chi connectivity index (χ1v) is 5.52. The van der Waals surface area contributed by atoms with Crippen LogP contribution in [0.5, 0.6) is 0 Å². The van der Waals surface area contributed by atoms with Crippen molar-refractivity contribution >= 4 is 28.3 Å². The normalized spacial score (nSPS) is 10.9. The molecule has 3 N–H and O–H groups in total. The SMILES string of the molecule is Cc1ccc(Cl)c2c(C(=O)CCN)c[nH]c12. The van der Waals surface area contributed by atoms with E-state index in [9.17, 15) is 4.79 Å². The van der Waals surface area contributed by atoms with Crippen LogP contribution in [0.15, 0.2) is 18.3 Å². The number of carbonyl (C=O) groups is 1. The van der Waals surface area contributed by atoms with Crippen LogP contribution in [-0.2, 0) is 0 Å². The van der Waals surface area contributed by atoms with Crippen molar-refractivity contribution in [3.63, 3.8) is 0 Å². The number of ketones is 1. The van der Waals surface area contributed by atoms with Gasteiger partial charge in [-0.3, -0.25) is 4.79 Å². The van der Waals surface area contributed by atoms with Crippen LogP contribution >= 0.6 is 11.6 Å². The van der Waals surface area contributed by atoms with Crippen molar-refractivity contribution in [3.8, 4) is 0 Å². The zero-order valence-corrected chi connectivity index (χ0v) is 9.77. The number of rotatable bonds is 3. The molecule has 4 heteroatoms. The molecule has 0 unspecified atom stereocenters. The lowest BCUT2D eigenvalue weighted by Gasteiger charge is -2.01. The Hall–Kier alpha value is -1.32. The quantitative estimate of drug-likeness (QED) is 0.805. The fraction of sp³-hybridized carbons (Fsp3) is 0.250. The summed E-state index contributed by atoms with van der Waals surface area (Å²) in [5, 5.41) is 1.40. The molecule has 0 saturated carbocycles. The van der Waals surface area contributed by atoms with Gasteiger partial charge in [0.1, 0.15) is 0 Å². The summed E-state index contributed by atoms with van der Waals surface area (Å²) in [6.45, 7) is 2.33. The number of hydrogen-bond acceptors (Lipinski definition) is 2. The molecule has 0 fully saturated rings. The minimum Gasteiger partial charge on any atom is -0.360 e. The molecule has 0 aliphatic carbocycles. The molecular formula is C12H13ClN2O. The van der Waals surface area contributed by atoms with Crippen LogP contribution in [0.1, 0.15) is 22.3 Å². The molecule has 0 saturated heterocycles. The maximum atomic E-state index is 11.8. The van der Waals surface area contributed by atoms with E-state index in [2.05, 4.69) is 4.98 Å². The van der Waals surface area contributed by atoms with Crippen molar-refractivity contribution in [2.75, 3.05) is 6.54 Å². The van der Waals surface area contributed by atoms with Crippen molar-refractivity contribution < 1.29 is 4.79 Å². The second kappa shape index (κ2) is 4.28. The van der Waals surface area contributed by atoms with E-state index in [0.29, 0.717) is 23.6 Å². The van der Waals surface area contributed by atoms with Crippen molar-refractivity contribution in [2.45, 2.75) is 13.3 Å². The van der Waals surface area contributed by atoms with E-state index in [0.717, 1.165) is 16.5 Å². The molecule has 0 amide bonds. The molecule has 16 heavy (non-hydrogen) atoms. The minimum absolute atomic E-state index is 0.0289. The average Bonchev–Trinajstić information content (AvgIpc) is 2.69. The summed E-state index contributed by atoms with van der Waals surface area (Å²) in [5.41, 5.74) is 8.02. The predicted molar refractivity (Wildman–Crippen MR) is 66.0 cm³/mol.